The van der Waals surface area contributed by atoms with Gasteiger partial charge >= 0.3 is 12.4 Å². The molecular formula is C38H43F6N9O5S. The number of aromatic nitrogens is 2. The fraction of sp³-hybridized carbons (Fsp3) is 0.579. The van der Waals surface area contributed by atoms with Gasteiger partial charge in [0.15, 0.2) is 10.8 Å². The van der Waals surface area contributed by atoms with Crippen LogP contribution >= 0.6 is 12.2 Å². The number of imide groups is 1. The van der Waals surface area contributed by atoms with Crippen LogP contribution in [0.3, 0.4) is 0 Å². The van der Waals surface area contributed by atoms with Gasteiger partial charge in [0.25, 0.3) is 5.91 Å². The first kappa shape index (κ1) is 43.8. The third kappa shape index (κ3) is 9.82. The van der Waals surface area contributed by atoms with Crippen LogP contribution in [0.4, 0.5) is 37.7 Å². The van der Waals surface area contributed by atoms with Gasteiger partial charge in [0.2, 0.25) is 17.7 Å². The van der Waals surface area contributed by atoms with Crippen LogP contribution in [0.5, 0.6) is 0 Å². The minimum atomic E-state index is -4.87. The number of hydrogen-bond donors (Lipinski definition) is 2. The topological polar surface area (TPSA) is 164 Å². The van der Waals surface area contributed by atoms with Gasteiger partial charge < -0.3 is 19.9 Å². The van der Waals surface area contributed by atoms with Crippen molar-refractivity contribution in [2.24, 2.45) is 0 Å². The van der Waals surface area contributed by atoms with Crippen molar-refractivity contribution in [3.63, 3.8) is 0 Å². The van der Waals surface area contributed by atoms with E-state index in [4.69, 9.17) is 22.2 Å². The fourth-order valence-corrected chi connectivity index (χ4v) is 8.73. The number of thiocarbonyl (C=S) groups is 1. The van der Waals surface area contributed by atoms with Crippen molar-refractivity contribution >= 4 is 52.3 Å². The van der Waals surface area contributed by atoms with Gasteiger partial charge in [-0.2, -0.15) is 31.6 Å². The molecule has 59 heavy (non-hydrogen) atoms. The Kier molecular flexibility index (Phi) is 12.9. The van der Waals surface area contributed by atoms with Crippen molar-refractivity contribution in [1.82, 2.24) is 30.0 Å². The summed E-state index contributed by atoms with van der Waals surface area (Å²) >= 11 is 5.65. The Labute approximate surface area is 341 Å². The maximum Gasteiger partial charge on any atom is 0.419 e. The third-order valence-electron chi connectivity index (χ3n) is 11.2. The molecule has 6 rings (SSSR count). The van der Waals surface area contributed by atoms with Crippen LogP contribution in [-0.4, -0.2) is 123 Å². The number of carbonyl (C=O) groups is 4. The smallest absolute Gasteiger partial charge is 0.378 e. The van der Waals surface area contributed by atoms with Gasteiger partial charge in [-0.1, -0.05) is 0 Å². The Morgan fingerprint density at radius 1 is 1.05 bits per heavy atom. The molecule has 0 radical (unpaired) electrons. The van der Waals surface area contributed by atoms with E-state index in [1.54, 1.807) is 23.6 Å². The maximum atomic E-state index is 14.2. The second kappa shape index (κ2) is 17.4. The van der Waals surface area contributed by atoms with E-state index in [1.165, 1.54) is 24.4 Å². The SMILES string of the molecule is CC1(C)C(=O)N(c2cnc(C#N)c(C(F)(F)F)c2)C(=S)N1C1CCC(OCCCN2CCN(CC(=O)Nc3ccc(C4CCC(=O)NC4=O)nc3)[C@@H](C(F)(F)F)C2)CC1. The summed E-state index contributed by atoms with van der Waals surface area (Å²) in [5.41, 5.74) is -2.76. The predicted octanol–water partition coefficient (Wildman–Crippen LogP) is 4.50. The minimum Gasteiger partial charge on any atom is -0.378 e. The standard InChI is InChI=1S/C38H43F6N9O5S/c1-36(2)34(57)52(24-16-27(37(39,40)41)29(17-45)47-19-24)35(59)53(36)23-5-7-25(8-6-23)58-15-3-12-50-13-14-51(30(20-50)38(42,43)44)21-32(55)48-22-4-10-28(46-18-22)26-9-11-31(54)49-33(26)56/h4,10,16,18-19,23,25-26,30H,3,5-9,11-15,20-21H2,1-2H3,(H,48,55)(H,49,54,56)/t23?,25?,26?,30-/m1/s1. The van der Waals surface area contributed by atoms with E-state index in [2.05, 4.69) is 20.6 Å². The lowest BCUT2D eigenvalue weighted by atomic mass is 9.89. The average molecular weight is 852 g/mol. The van der Waals surface area contributed by atoms with Crippen molar-refractivity contribution in [2.45, 2.75) is 101 Å². The summed E-state index contributed by atoms with van der Waals surface area (Å²) in [7, 11) is 0. The highest BCUT2D eigenvalue weighted by Gasteiger charge is 2.53. The molecule has 5 heterocycles. The zero-order valence-electron chi connectivity index (χ0n) is 32.2. The minimum absolute atomic E-state index is 0.00892. The molecule has 4 fully saturated rings. The number of rotatable bonds is 11. The summed E-state index contributed by atoms with van der Waals surface area (Å²) in [6.45, 7) is 3.46. The molecule has 2 atom stereocenters. The van der Waals surface area contributed by atoms with Gasteiger partial charge in [-0.15, -0.1) is 0 Å². The lowest BCUT2D eigenvalue weighted by Gasteiger charge is -2.42. The van der Waals surface area contributed by atoms with Gasteiger partial charge in [0.05, 0.1) is 53.6 Å². The molecule has 3 saturated heterocycles. The maximum absolute atomic E-state index is 14.2. The van der Waals surface area contributed by atoms with E-state index >= 15 is 0 Å². The van der Waals surface area contributed by atoms with E-state index in [0.29, 0.717) is 70.0 Å². The van der Waals surface area contributed by atoms with Crippen LogP contribution in [0, 0.1) is 11.3 Å². The monoisotopic (exact) mass is 851 g/mol. The fourth-order valence-electron chi connectivity index (χ4n) is 8.17. The second-order valence-corrected chi connectivity index (χ2v) is 15.9. The Morgan fingerprint density at radius 3 is 2.41 bits per heavy atom. The number of alkyl halides is 6. The molecule has 4 aliphatic rings. The molecule has 0 bridgehead atoms. The molecule has 3 aliphatic heterocycles. The van der Waals surface area contributed by atoms with Crippen LogP contribution in [0.1, 0.15) is 81.7 Å². The first-order valence-corrected chi connectivity index (χ1v) is 19.6. The Morgan fingerprint density at radius 2 is 1.78 bits per heavy atom. The zero-order valence-corrected chi connectivity index (χ0v) is 33.1. The van der Waals surface area contributed by atoms with E-state index < -0.39 is 65.4 Å². The van der Waals surface area contributed by atoms with E-state index in [0.717, 1.165) is 16.0 Å². The van der Waals surface area contributed by atoms with Gasteiger partial charge in [-0.25, -0.2) is 4.98 Å². The average Bonchev–Trinajstić information content (AvgIpc) is 3.35. The summed E-state index contributed by atoms with van der Waals surface area (Å²) in [5, 5.41) is 14.0. The van der Waals surface area contributed by atoms with Crippen LogP contribution in [0.25, 0.3) is 0 Å². The number of halogens is 6. The zero-order chi connectivity index (χ0) is 42.9. The number of piperidine rings is 1. The molecule has 1 saturated carbocycles. The highest BCUT2D eigenvalue weighted by molar-refractivity contribution is 7.80. The molecule has 2 aromatic heterocycles. The molecule has 2 aromatic rings. The number of ether oxygens (including phenoxy) is 1. The van der Waals surface area contributed by atoms with E-state index in [1.807, 2.05) is 0 Å². The van der Waals surface area contributed by atoms with Gasteiger partial charge in [0.1, 0.15) is 17.6 Å². The molecule has 2 N–H and O–H groups in total. The first-order valence-electron chi connectivity index (χ1n) is 19.2. The second-order valence-electron chi connectivity index (χ2n) is 15.6. The lowest BCUT2D eigenvalue weighted by molar-refractivity contribution is -0.197. The summed E-state index contributed by atoms with van der Waals surface area (Å²) in [6, 6.07) is 3.10. The van der Waals surface area contributed by atoms with Gasteiger partial charge in [-0.05, 0) is 82.8 Å². The first-order chi connectivity index (χ1) is 27.8. The van der Waals surface area contributed by atoms with E-state index in [9.17, 15) is 45.5 Å². The van der Waals surface area contributed by atoms with Crippen molar-refractivity contribution in [3.8, 4) is 6.07 Å². The normalized spacial score (nSPS) is 24.6. The van der Waals surface area contributed by atoms with Crippen LogP contribution in [0.15, 0.2) is 30.6 Å². The van der Waals surface area contributed by atoms with Crippen LogP contribution < -0.4 is 15.5 Å². The molecule has 14 nitrogen and oxygen atoms in total. The molecule has 318 valence electrons. The van der Waals surface area contributed by atoms with Crippen LogP contribution in [-0.2, 0) is 30.1 Å². The molecule has 21 heteroatoms. The molecular weight excluding hydrogens is 809 g/mol. The number of nitrogens with zero attached hydrogens (tertiary/aromatic N) is 7. The highest BCUT2D eigenvalue weighted by Crippen LogP contribution is 2.40. The van der Waals surface area contributed by atoms with Gasteiger partial charge in [-0.3, -0.25) is 39.3 Å². The Bertz CT molecular complexity index is 1990. The highest BCUT2D eigenvalue weighted by atomic mass is 32.1. The summed E-state index contributed by atoms with van der Waals surface area (Å²) in [6.07, 6.45) is -3.96. The van der Waals surface area contributed by atoms with Crippen LogP contribution in [0.2, 0.25) is 0 Å². The Balaban J connectivity index is 0.945. The third-order valence-corrected chi connectivity index (χ3v) is 11.6. The number of nitriles is 1. The number of hydrogen-bond acceptors (Lipinski definition) is 11. The summed E-state index contributed by atoms with van der Waals surface area (Å²) < 4.78 is 89.7. The molecule has 0 spiro atoms. The predicted molar refractivity (Wildman–Crippen MR) is 202 cm³/mol. The summed E-state index contributed by atoms with van der Waals surface area (Å²) in [5.74, 6) is -2.60. The lowest BCUT2D eigenvalue weighted by Crippen LogP contribution is -2.60. The molecule has 1 unspecified atom stereocenters. The molecule has 4 amide bonds. The quantitative estimate of drug-likeness (QED) is 0.141. The van der Waals surface area contributed by atoms with Gasteiger partial charge in [0, 0.05) is 45.2 Å². The van der Waals surface area contributed by atoms with Crippen molar-refractivity contribution in [2.75, 3.05) is 49.5 Å². The number of anilines is 2. The molecule has 0 aromatic carbocycles. The van der Waals surface area contributed by atoms with Crippen molar-refractivity contribution in [3.05, 3.63) is 47.5 Å². The summed E-state index contributed by atoms with van der Waals surface area (Å²) in [4.78, 5) is 63.3. The number of amides is 4. The number of carbonyl (C=O) groups excluding carboxylic acids is 4. The molecule has 1 aliphatic carbocycles. The number of pyridine rings is 2. The number of nitrogens with one attached hydrogen (secondary N) is 2. The Hall–Kier alpha value is -4.78. The van der Waals surface area contributed by atoms with Crippen molar-refractivity contribution in [1.29, 1.82) is 5.26 Å². The number of piperazine rings is 1. The van der Waals surface area contributed by atoms with Crippen molar-refractivity contribution < 1.29 is 50.3 Å². The van der Waals surface area contributed by atoms with E-state index in [-0.39, 0.29) is 54.1 Å². The largest absolute Gasteiger partial charge is 0.419 e.